The van der Waals surface area contributed by atoms with Gasteiger partial charge in [0.1, 0.15) is 17.3 Å². The smallest absolute Gasteiger partial charge is 0.342 e. The molecule has 0 saturated carbocycles. The van der Waals surface area contributed by atoms with Gasteiger partial charge in [0, 0.05) is 5.02 Å². The topological polar surface area (TPSA) is 107 Å². The molecule has 1 heterocycles. The van der Waals surface area contributed by atoms with E-state index in [1.165, 1.54) is 20.3 Å². The first-order chi connectivity index (χ1) is 18.3. The fraction of sp³-hybridized carbons (Fsp3) is 0.115. The molecule has 0 spiro atoms. The Morgan fingerprint density at radius 1 is 0.974 bits per heavy atom. The molecular formula is C26H20Cl3N3O5S. The third-order valence-corrected chi connectivity index (χ3v) is 7.01. The number of H-pyrrole nitrogens is 1. The summed E-state index contributed by atoms with van der Waals surface area (Å²) in [4.78, 5) is 16.4. The first kappa shape index (κ1) is 27.7. The van der Waals surface area contributed by atoms with Crippen LogP contribution in [0.25, 0.3) is 17.5 Å². The van der Waals surface area contributed by atoms with Crippen LogP contribution in [0.4, 0.5) is 0 Å². The highest BCUT2D eigenvalue weighted by Gasteiger charge is 2.17. The van der Waals surface area contributed by atoms with Gasteiger partial charge in [-0.1, -0.05) is 46.9 Å². The Morgan fingerprint density at radius 2 is 1.74 bits per heavy atom. The third kappa shape index (κ3) is 6.73. The minimum atomic E-state index is -1.14. The summed E-state index contributed by atoms with van der Waals surface area (Å²) in [6, 6.07) is 15.4. The second-order valence-corrected chi connectivity index (χ2v) is 9.93. The summed E-state index contributed by atoms with van der Waals surface area (Å²) in [5.41, 5.74) is 2.01. The number of thioether (sulfide) groups is 1. The highest BCUT2D eigenvalue weighted by molar-refractivity contribution is 8.04. The number of methoxy groups -OCH3 is 2. The van der Waals surface area contributed by atoms with Crippen LogP contribution in [0.5, 0.6) is 17.2 Å². The van der Waals surface area contributed by atoms with E-state index in [9.17, 15) is 9.90 Å². The van der Waals surface area contributed by atoms with Crippen molar-refractivity contribution in [2.75, 3.05) is 14.2 Å². The normalized spacial score (nSPS) is 11.3. The molecule has 196 valence electrons. The highest BCUT2D eigenvalue weighted by Crippen LogP contribution is 2.34. The highest BCUT2D eigenvalue weighted by atomic mass is 35.5. The fourth-order valence-corrected chi connectivity index (χ4v) is 4.55. The lowest BCUT2D eigenvalue weighted by atomic mass is 10.2. The van der Waals surface area contributed by atoms with Gasteiger partial charge < -0.3 is 19.3 Å². The van der Waals surface area contributed by atoms with Gasteiger partial charge in [0.25, 0.3) is 0 Å². The van der Waals surface area contributed by atoms with Gasteiger partial charge in [0.15, 0.2) is 17.3 Å². The average molecular weight is 593 g/mol. The number of ether oxygens (including phenoxy) is 3. The van der Waals surface area contributed by atoms with Gasteiger partial charge in [-0.25, -0.2) is 9.78 Å². The molecule has 0 bridgehead atoms. The van der Waals surface area contributed by atoms with Crippen molar-refractivity contribution < 1.29 is 24.1 Å². The van der Waals surface area contributed by atoms with Crippen LogP contribution in [0.15, 0.2) is 64.7 Å². The lowest BCUT2D eigenvalue weighted by Gasteiger charge is -2.12. The summed E-state index contributed by atoms with van der Waals surface area (Å²) in [5, 5.41) is 18.3. The Balaban J connectivity index is 1.53. The molecule has 0 saturated heterocycles. The molecule has 8 nitrogen and oxygen atoms in total. The van der Waals surface area contributed by atoms with Crippen LogP contribution >= 0.6 is 46.6 Å². The number of carbonyl (C=O) groups is 1. The molecule has 0 aliphatic carbocycles. The van der Waals surface area contributed by atoms with E-state index >= 15 is 0 Å². The summed E-state index contributed by atoms with van der Waals surface area (Å²) in [7, 11) is 3.03. The lowest BCUT2D eigenvalue weighted by Crippen LogP contribution is -1.99. The molecule has 4 aromatic rings. The number of carboxylic acids is 1. The number of halogens is 3. The number of rotatable bonds is 10. The average Bonchev–Trinajstić information content (AvgIpc) is 3.37. The number of aromatic amines is 1. The van der Waals surface area contributed by atoms with Gasteiger partial charge in [0.2, 0.25) is 5.16 Å². The standard InChI is InChI=1S/C26H20Cl3N3O5S/c1-35-20-8-5-16(27)12-17(20)24-30-26(32-31-24)38-23(25(33)34)11-14-4-7-21(22(10-14)36-2)37-13-15-3-6-18(28)19(29)9-15/h3-12H,13H2,1-2H3,(H,33,34)(H,30,31,32)/b23-11-. The second kappa shape index (κ2) is 12.4. The molecule has 1 aromatic heterocycles. The molecule has 0 aliphatic heterocycles. The summed E-state index contributed by atoms with van der Waals surface area (Å²) >= 11 is 19.0. The first-order valence-corrected chi connectivity index (χ1v) is 12.9. The van der Waals surface area contributed by atoms with Crippen LogP contribution in [0.1, 0.15) is 11.1 Å². The Labute approximate surface area is 237 Å². The SMILES string of the molecule is COc1cc(/C=C(\Sc2n[nH]c(-c3cc(Cl)ccc3OC)n2)C(=O)O)ccc1OCc1ccc(Cl)c(Cl)c1. The molecule has 0 aliphatic rings. The van der Waals surface area contributed by atoms with Gasteiger partial charge in [-0.05, 0) is 71.4 Å². The minimum absolute atomic E-state index is 0.000127. The maximum atomic E-state index is 12.0. The van der Waals surface area contributed by atoms with E-state index in [0.29, 0.717) is 49.3 Å². The number of aliphatic carboxylic acids is 1. The van der Waals surface area contributed by atoms with E-state index in [-0.39, 0.29) is 16.7 Å². The summed E-state index contributed by atoms with van der Waals surface area (Å²) < 4.78 is 16.7. The second-order valence-electron chi connectivity index (χ2n) is 7.67. The molecule has 0 unspecified atom stereocenters. The molecule has 3 aromatic carbocycles. The molecule has 0 radical (unpaired) electrons. The Bertz CT molecular complexity index is 1510. The predicted molar refractivity (Wildman–Crippen MR) is 149 cm³/mol. The van der Waals surface area contributed by atoms with Crippen LogP contribution in [0.2, 0.25) is 15.1 Å². The minimum Gasteiger partial charge on any atom is -0.496 e. The number of nitrogens with one attached hydrogen (secondary N) is 1. The summed E-state index contributed by atoms with van der Waals surface area (Å²) in [6.07, 6.45) is 1.49. The molecule has 4 rings (SSSR count). The van der Waals surface area contributed by atoms with E-state index in [1.807, 2.05) is 6.07 Å². The third-order valence-electron chi connectivity index (χ3n) is 5.16. The Morgan fingerprint density at radius 3 is 2.45 bits per heavy atom. The van der Waals surface area contributed by atoms with E-state index in [0.717, 1.165) is 17.3 Å². The van der Waals surface area contributed by atoms with E-state index < -0.39 is 5.97 Å². The van der Waals surface area contributed by atoms with Gasteiger partial charge in [-0.3, -0.25) is 5.10 Å². The van der Waals surface area contributed by atoms with Gasteiger partial charge in [0.05, 0.1) is 29.8 Å². The molecule has 0 atom stereocenters. The lowest BCUT2D eigenvalue weighted by molar-refractivity contribution is -0.131. The van der Waals surface area contributed by atoms with Crippen LogP contribution in [-0.4, -0.2) is 40.5 Å². The van der Waals surface area contributed by atoms with Crippen molar-refractivity contribution in [3.63, 3.8) is 0 Å². The maximum absolute atomic E-state index is 12.0. The molecule has 2 N–H and O–H groups in total. The van der Waals surface area contributed by atoms with Gasteiger partial charge in [-0.2, -0.15) is 0 Å². The van der Waals surface area contributed by atoms with Crippen molar-refractivity contribution in [2.45, 2.75) is 11.8 Å². The molecular weight excluding hydrogens is 573 g/mol. The Kier molecular flexibility index (Phi) is 9.06. The van der Waals surface area contributed by atoms with Crippen molar-refractivity contribution in [3.05, 3.63) is 85.7 Å². The van der Waals surface area contributed by atoms with Crippen molar-refractivity contribution in [1.82, 2.24) is 15.2 Å². The van der Waals surface area contributed by atoms with Crippen LogP contribution in [0, 0.1) is 0 Å². The number of aromatic nitrogens is 3. The van der Waals surface area contributed by atoms with Crippen LogP contribution in [-0.2, 0) is 11.4 Å². The fourth-order valence-electron chi connectivity index (χ4n) is 3.35. The quantitative estimate of drug-likeness (QED) is 0.147. The van der Waals surface area contributed by atoms with Gasteiger partial charge in [-0.15, -0.1) is 5.10 Å². The van der Waals surface area contributed by atoms with E-state index in [1.54, 1.807) is 48.5 Å². The Hall–Kier alpha value is -3.37. The largest absolute Gasteiger partial charge is 0.496 e. The van der Waals surface area contributed by atoms with Crippen molar-refractivity contribution >= 4 is 58.6 Å². The maximum Gasteiger partial charge on any atom is 0.342 e. The molecule has 12 heteroatoms. The van der Waals surface area contributed by atoms with Crippen LogP contribution < -0.4 is 14.2 Å². The zero-order chi connectivity index (χ0) is 27.2. The number of carboxylic acid groups (broad SMARTS) is 1. The van der Waals surface area contributed by atoms with Crippen molar-refractivity contribution in [1.29, 1.82) is 0 Å². The number of nitrogens with zero attached hydrogens (tertiary/aromatic N) is 2. The molecule has 0 amide bonds. The van der Waals surface area contributed by atoms with E-state index in [2.05, 4.69) is 15.2 Å². The van der Waals surface area contributed by atoms with E-state index in [4.69, 9.17) is 49.0 Å². The monoisotopic (exact) mass is 591 g/mol. The number of hydrogen-bond donors (Lipinski definition) is 2. The zero-order valence-corrected chi connectivity index (χ0v) is 23.1. The molecule has 38 heavy (non-hydrogen) atoms. The first-order valence-electron chi connectivity index (χ1n) is 10.9. The van der Waals surface area contributed by atoms with Gasteiger partial charge >= 0.3 is 5.97 Å². The predicted octanol–water partition coefficient (Wildman–Crippen LogP) is 7.25. The summed E-state index contributed by atoms with van der Waals surface area (Å²) in [6.45, 7) is 0.239. The van der Waals surface area contributed by atoms with Crippen LogP contribution in [0.3, 0.4) is 0 Å². The van der Waals surface area contributed by atoms with Crippen molar-refractivity contribution in [3.8, 4) is 28.6 Å². The zero-order valence-electron chi connectivity index (χ0n) is 20.0. The number of benzene rings is 3. The molecule has 0 fully saturated rings. The number of hydrogen-bond acceptors (Lipinski definition) is 7. The van der Waals surface area contributed by atoms with Crippen molar-refractivity contribution in [2.24, 2.45) is 0 Å². The summed E-state index contributed by atoms with van der Waals surface area (Å²) in [5.74, 6) is 0.711.